The summed E-state index contributed by atoms with van der Waals surface area (Å²) < 4.78 is 1.28. The van der Waals surface area contributed by atoms with Crippen molar-refractivity contribution in [3.63, 3.8) is 0 Å². The van der Waals surface area contributed by atoms with Crippen LogP contribution in [0.4, 0.5) is 0 Å². The molecule has 0 bridgehead atoms. The largest absolute Gasteiger partial charge is 0.312 e. The van der Waals surface area contributed by atoms with Crippen LogP contribution in [0.5, 0.6) is 0 Å². The van der Waals surface area contributed by atoms with Crippen LogP contribution in [0.2, 0.25) is 0 Å². The predicted octanol–water partition coefficient (Wildman–Crippen LogP) is 3.36. The predicted molar refractivity (Wildman–Crippen MR) is 66.0 cm³/mol. The molecule has 2 aliphatic rings. The second-order valence-corrected chi connectivity index (χ2v) is 5.71. The highest BCUT2D eigenvalue weighted by Crippen LogP contribution is 2.45. The Morgan fingerprint density at radius 1 is 1.20 bits per heavy atom. The Labute approximate surface area is 99.4 Å². The average molecular weight is 266 g/mol. The monoisotopic (exact) mass is 265 g/mol. The van der Waals surface area contributed by atoms with Gasteiger partial charge in [-0.2, -0.15) is 0 Å². The van der Waals surface area contributed by atoms with Crippen molar-refractivity contribution in [1.29, 1.82) is 0 Å². The smallest absolute Gasteiger partial charge is 0.0223 e. The molecule has 0 radical (unpaired) electrons. The van der Waals surface area contributed by atoms with Crippen LogP contribution in [0, 0.1) is 0 Å². The number of halogens is 1. The molecule has 1 aliphatic carbocycles. The number of fused-ring (bicyclic) bond motifs is 2. The van der Waals surface area contributed by atoms with Crippen molar-refractivity contribution < 1.29 is 0 Å². The van der Waals surface area contributed by atoms with Crippen molar-refractivity contribution in [2.24, 2.45) is 0 Å². The number of hydrogen-bond acceptors (Lipinski definition) is 1. The lowest BCUT2D eigenvalue weighted by Crippen LogP contribution is -2.41. The van der Waals surface area contributed by atoms with Crippen LogP contribution in [0.15, 0.2) is 22.7 Å². The minimum absolute atomic E-state index is 0.456. The number of hydrogen-bond donors (Lipinski definition) is 1. The summed E-state index contributed by atoms with van der Waals surface area (Å²) in [5.41, 5.74) is 3.55. The van der Waals surface area contributed by atoms with E-state index in [0.29, 0.717) is 5.41 Å². The van der Waals surface area contributed by atoms with Crippen LogP contribution in [-0.4, -0.2) is 6.54 Å². The van der Waals surface area contributed by atoms with Crippen LogP contribution in [0.25, 0.3) is 0 Å². The number of nitrogens with one attached hydrogen (secondary N) is 1. The topological polar surface area (TPSA) is 12.0 Å². The first-order chi connectivity index (χ1) is 7.32. The molecule has 0 atom stereocenters. The molecule has 1 spiro atoms. The van der Waals surface area contributed by atoms with Crippen LogP contribution < -0.4 is 5.32 Å². The number of benzene rings is 1. The molecule has 1 heterocycles. The van der Waals surface area contributed by atoms with E-state index in [4.69, 9.17) is 0 Å². The van der Waals surface area contributed by atoms with Crippen molar-refractivity contribution in [2.75, 3.05) is 6.54 Å². The van der Waals surface area contributed by atoms with Gasteiger partial charge in [0, 0.05) is 23.0 Å². The highest BCUT2D eigenvalue weighted by atomic mass is 79.9. The molecule has 1 aromatic rings. The van der Waals surface area contributed by atoms with Gasteiger partial charge in [-0.05, 0) is 30.0 Å². The third kappa shape index (κ3) is 1.46. The second-order valence-electron chi connectivity index (χ2n) is 4.86. The molecule has 3 rings (SSSR count). The summed E-state index contributed by atoms with van der Waals surface area (Å²) in [5, 5.41) is 3.58. The molecule has 1 saturated carbocycles. The standard InChI is InChI=1S/C13H16BrN/c14-12-5-3-4-11-10(12)8-15-9-13(11)6-1-2-7-13/h3-5,15H,1-2,6-9H2. The summed E-state index contributed by atoms with van der Waals surface area (Å²) in [7, 11) is 0. The van der Waals surface area contributed by atoms with E-state index >= 15 is 0 Å². The van der Waals surface area contributed by atoms with Crippen molar-refractivity contribution in [1.82, 2.24) is 5.32 Å². The summed E-state index contributed by atoms with van der Waals surface area (Å²) in [5.74, 6) is 0. The van der Waals surface area contributed by atoms with Gasteiger partial charge in [0.15, 0.2) is 0 Å². The van der Waals surface area contributed by atoms with Crippen molar-refractivity contribution in [2.45, 2.75) is 37.6 Å². The Morgan fingerprint density at radius 2 is 2.00 bits per heavy atom. The molecule has 1 nitrogen and oxygen atoms in total. The molecule has 0 saturated heterocycles. The molecule has 80 valence electrons. The van der Waals surface area contributed by atoms with Gasteiger partial charge in [0.1, 0.15) is 0 Å². The highest BCUT2D eigenvalue weighted by molar-refractivity contribution is 9.10. The van der Waals surface area contributed by atoms with E-state index in [2.05, 4.69) is 39.4 Å². The molecular weight excluding hydrogens is 250 g/mol. The van der Waals surface area contributed by atoms with E-state index in [1.54, 1.807) is 5.56 Å². The maximum absolute atomic E-state index is 3.67. The Morgan fingerprint density at radius 3 is 2.80 bits per heavy atom. The highest BCUT2D eigenvalue weighted by Gasteiger charge is 2.39. The molecule has 0 unspecified atom stereocenters. The molecule has 0 aromatic heterocycles. The molecule has 0 amide bonds. The molecule has 1 aliphatic heterocycles. The quantitative estimate of drug-likeness (QED) is 0.759. The van der Waals surface area contributed by atoms with Crippen molar-refractivity contribution in [3.05, 3.63) is 33.8 Å². The maximum atomic E-state index is 3.67. The summed E-state index contributed by atoms with van der Waals surface area (Å²) in [6.45, 7) is 2.20. The van der Waals surface area contributed by atoms with Crippen LogP contribution in [0.3, 0.4) is 0 Å². The summed E-state index contributed by atoms with van der Waals surface area (Å²) >= 11 is 3.67. The Balaban J connectivity index is 2.14. The molecule has 1 fully saturated rings. The number of rotatable bonds is 0. The normalized spacial score (nSPS) is 23.0. The zero-order valence-corrected chi connectivity index (χ0v) is 10.4. The summed E-state index contributed by atoms with van der Waals surface area (Å²) in [4.78, 5) is 0. The maximum Gasteiger partial charge on any atom is 0.0223 e. The van der Waals surface area contributed by atoms with Gasteiger partial charge in [0.25, 0.3) is 0 Å². The first-order valence-corrected chi connectivity index (χ1v) is 6.60. The molecule has 1 N–H and O–H groups in total. The fourth-order valence-electron chi connectivity index (χ4n) is 3.26. The van der Waals surface area contributed by atoms with Gasteiger partial charge < -0.3 is 5.32 Å². The second kappa shape index (κ2) is 3.60. The van der Waals surface area contributed by atoms with Gasteiger partial charge in [0.05, 0.1) is 0 Å². The zero-order valence-electron chi connectivity index (χ0n) is 8.85. The van der Waals surface area contributed by atoms with Crippen LogP contribution >= 0.6 is 15.9 Å². The SMILES string of the molecule is Brc1cccc2c1CNCC21CCCC1. The van der Waals surface area contributed by atoms with Gasteiger partial charge >= 0.3 is 0 Å². The fourth-order valence-corrected chi connectivity index (χ4v) is 3.76. The molecular formula is C13H16BrN. The van der Waals surface area contributed by atoms with E-state index in [0.717, 1.165) is 6.54 Å². The summed E-state index contributed by atoms with van der Waals surface area (Å²) in [6.07, 6.45) is 5.52. The molecule has 2 heteroatoms. The Hall–Kier alpha value is -0.340. The van der Waals surface area contributed by atoms with Crippen LogP contribution in [-0.2, 0) is 12.0 Å². The van der Waals surface area contributed by atoms with Gasteiger partial charge in [-0.1, -0.05) is 40.9 Å². The fraction of sp³-hybridized carbons (Fsp3) is 0.538. The van der Waals surface area contributed by atoms with Gasteiger partial charge in [-0.15, -0.1) is 0 Å². The van der Waals surface area contributed by atoms with Gasteiger partial charge in [0.2, 0.25) is 0 Å². The van der Waals surface area contributed by atoms with Gasteiger partial charge in [-0.25, -0.2) is 0 Å². The third-order valence-corrected chi connectivity index (χ3v) is 4.76. The third-order valence-electron chi connectivity index (χ3n) is 4.02. The van der Waals surface area contributed by atoms with Crippen LogP contribution in [0.1, 0.15) is 36.8 Å². The van der Waals surface area contributed by atoms with Crippen molar-refractivity contribution >= 4 is 15.9 Å². The molecule has 1 aromatic carbocycles. The lowest BCUT2D eigenvalue weighted by molar-refractivity contribution is 0.376. The average Bonchev–Trinajstić information content (AvgIpc) is 2.70. The first kappa shape index (κ1) is 9.86. The van der Waals surface area contributed by atoms with E-state index < -0.39 is 0 Å². The van der Waals surface area contributed by atoms with E-state index in [1.165, 1.54) is 42.3 Å². The van der Waals surface area contributed by atoms with Gasteiger partial charge in [-0.3, -0.25) is 0 Å². The molecule has 15 heavy (non-hydrogen) atoms. The summed E-state index contributed by atoms with van der Waals surface area (Å²) in [6, 6.07) is 6.69. The van der Waals surface area contributed by atoms with E-state index in [9.17, 15) is 0 Å². The van der Waals surface area contributed by atoms with Crippen molar-refractivity contribution in [3.8, 4) is 0 Å². The Bertz CT molecular complexity index is 380. The minimum atomic E-state index is 0.456. The lowest BCUT2D eigenvalue weighted by Gasteiger charge is -2.36. The minimum Gasteiger partial charge on any atom is -0.312 e. The first-order valence-electron chi connectivity index (χ1n) is 5.80. The lowest BCUT2D eigenvalue weighted by atomic mass is 9.74. The Kier molecular flexibility index (Phi) is 2.37. The van der Waals surface area contributed by atoms with E-state index in [-0.39, 0.29) is 0 Å². The van der Waals surface area contributed by atoms with E-state index in [1.807, 2.05) is 0 Å². The zero-order chi connectivity index (χ0) is 10.3.